The predicted molar refractivity (Wildman–Crippen MR) is 73.6 cm³/mol. The molecule has 0 aliphatic heterocycles. The van der Waals surface area contributed by atoms with Gasteiger partial charge in [-0.2, -0.15) is 5.26 Å². The maximum absolute atomic E-state index is 12.1. The lowest BCUT2D eigenvalue weighted by molar-refractivity contribution is -0.132. The molecule has 0 aromatic rings. The molecule has 0 fully saturated rings. The minimum Gasteiger partial charge on any atom is -0.342 e. The van der Waals surface area contributed by atoms with Gasteiger partial charge in [-0.05, 0) is 38.6 Å². The van der Waals surface area contributed by atoms with Crippen LogP contribution in [0.25, 0.3) is 0 Å². The molecule has 0 aliphatic carbocycles. The highest BCUT2D eigenvalue weighted by Crippen LogP contribution is 2.16. The van der Waals surface area contributed by atoms with Crippen LogP contribution in [-0.2, 0) is 4.79 Å². The van der Waals surface area contributed by atoms with Crippen LogP contribution in [0, 0.1) is 29.1 Å². The van der Waals surface area contributed by atoms with Crippen molar-refractivity contribution < 1.29 is 4.79 Å². The van der Waals surface area contributed by atoms with Crippen LogP contribution in [0.5, 0.6) is 0 Å². The van der Waals surface area contributed by atoms with E-state index in [1.807, 2.05) is 13.8 Å². The lowest BCUT2D eigenvalue weighted by Gasteiger charge is -2.25. The minimum atomic E-state index is -0.115. The Hall–Kier alpha value is -1.08. The van der Waals surface area contributed by atoms with E-state index in [0.717, 1.165) is 6.42 Å². The number of nitrogens with zero attached hydrogens (tertiary/aromatic N) is 2. The van der Waals surface area contributed by atoms with E-state index in [0.29, 0.717) is 32.0 Å². The Morgan fingerprint density at radius 2 is 2.00 bits per heavy atom. The monoisotopic (exact) mass is 253 g/mol. The second kappa shape index (κ2) is 8.93. The molecule has 0 bridgehead atoms. The van der Waals surface area contributed by atoms with Gasteiger partial charge in [0.05, 0.1) is 12.0 Å². The van der Waals surface area contributed by atoms with Crippen LogP contribution in [0.2, 0.25) is 0 Å². The van der Waals surface area contributed by atoms with E-state index in [-0.39, 0.29) is 17.7 Å². The Morgan fingerprint density at radius 3 is 2.39 bits per heavy atom. The highest BCUT2D eigenvalue weighted by molar-refractivity contribution is 5.76. The number of nitriles is 1. The maximum atomic E-state index is 12.1. The molecule has 1 amide bonds. The van der Waals surface area contributed by atoms with Gasteiger partial charge in [-0.3, -0.25) is 4.79 Å². The summed E-state index contributed by atoms with van der Waals surface area (Å²) in [7, 11) is 0. The normalized spacial score (nSPS) is 14.1. The van der Waals surface area contributed by atoms with Gasteiger partial charge >= 0.3 is 0 Å². The van der Waals surface area contributed by atoms with E-state index in [9.17, 15) is 4.79 Å². The van der Waals surface area contributed by atoms with Crippen molar-refractivity contribution in [2.24, 2.45) is 23.5 Å². The molecule has 0 aliphatic rings. The molecule has 1 unspecified atom stereocenters. The molecule has 0 saturated carbocycles. The molecule has 0 aromatic heterocycles. The van der Waals surface area contributed by atoms with Crippen LogP contribution in [0.3, 0.4) is 0 Å². The number of amides is 1. The molecule has 4 nitrogen and oxygen atoms in total. The van der Waals surface area contributed by atoms with Crippen LogP contribution >= 0.6 is 0 Å². The van der Waals surface area contributed by atoms with Gasteiger partial charge in [-0.15, -0.1) is 0 Å². The van der Waals surface area contributed by atoms with Crippen molar-refractivity contribution in [3.8, 4) is 6.07 Å². The van der Waals surface area contributed by atoms with Crippen molar-refractivity contribution in [3.05, 3.63) is 0 Å². The average Bonchev–Trinajstić information content (AvgIpc) is 2.33. The lowest BCUT2D eigenvalue weighted by atomic mass is 9.93. The van der Waals surface area contributed by atoms with E-state index in [1.165, 1.54) is 0 Å². The van der Waals surface area contributed by atoms with Crippen LogP contribution in [-0.4, -0.2) is 30.4 Å². The molecule has 0 spiro atoms. The smallest absolute Gasteiger partial charge is 0.222 e. The third-order valence-electron chi connectivity index (χ3n) is 3.05. The summed E-state index contributed by atoms with van der Waals surface area (Å²) in [6, 6.07) is 2.17. The summed E-state index contributed by atoms with van der Waals surface area (Å²) >= 11 is 0. The van der Waals surface area contributed by atoms with E-state index >= 15 is 0 Å². The van der Waals surface area contributed by atoms with Crippen LogP contribution in [0.15, 0.2) is 0 Å². The molecule has 0 heterocycles. The van der Waals surface area contributed by atoms with Gasteiger partial charge in [0.25, 0.3) is 0 Å². The third-order valence-corrected chi connectivity index (χ3v) is 3.05. The van der Waals surface area contributed by atoms with Gasteiger partial charge in [-0.1, -0.05) is 13.8 Å². The minimum absolute atomic E-state index is 0.115. The molecular weight excluding hydrogens is 226 g/mol. The van der Waals surface area contributed by atoms with Crippen LogP contribution < -0.4 is 5.73 Å². The Kier molecular flexibility index (Phi) is 8.40. The molecule has 2 N–H and O–H groups in total. The lowest BCUT2D eigenvalue weighted by Crippen LogP contribution is -2.36. The number of carbonyl (C=O) groups is 1. The van der Waals surface area contributed by atoms with Gasteiger partial charge in [0.1, 0.15) is 0 Å². The molecule has 0 aromatic carbocycles. The van der Waals surface area contributed by atoms with Crippen molar-refractivity contribution >= 4 is 5.91 Å². The van der Waals surface area contributed by atoms with E-state index < -0.39 is 0 Å². The molecule has 0 saturated heterocycles. The molecule has 2 atom stereocenters. The summed E-state index contributed by atoms with van der Waals surface area (Å²) in [5.74, 6) is 0.814. The van der Waals surface area contributed by atoms with Crippen molar-refractivity contribution in [2.75, 3.05) is 19.6 Å². The molecule has 0 rings (SSSR count). The van der Waals surface area contributed by atoms with Gasteiger partial charge in [0.2, 0.25) is 5.91 Å². The zero-order valence-electron chi connectivity index (χ0n) is 12.1. The first-order valence-corrected chi connectivity index (χ1v) is 6.81. The second-order valence-corrected chi connectivity index (χ2v) is 5.40. The highest BCUT2D eigenvalue weighted by Gasteiger charge is 2.19. The van der Waals surface area contributed by atoms with Crippen LogP contribution in [0.4, 0.5) is 0 Å². The summed E-state index contributed by atoms with van der Waals surface area (Å²) in [5.41, 5.74) is 5.72. The molecule has 4 heteroatoms. The molecule has 0 radical (unpaired) electrons. The first-order chi connectivity index (χ1) is 8.44. The number of rotatable bonds is 8. The summed E-state index contributed by atoms with van der Waals surface area (Å²) in [6.07, 6.45) is 1.48. The molecule has 104 valence electrons. The zero-order chi connectivity index (χ0) is 14.1. The Labute approximate surface area is 111 Å². The van der Waals surface area contributed by atoms with Gasteiger partial charge in [0.15, 0.2) is 0 Å². The van der Waals surface area contributed by atoms with Crippen molar-refractivity contribution in [3.63, 3.8) is 0 Å². The number of nitrogens with two attached hydrogens (primary N) is 1. The second-order valence-electron chi connectivity index (χ2n) is 5.40. The first-order valence-electron chi connectivity index (χ1n) is 6.81. The Bertz CT molecular complexity index is 283. The quantitative estimate of drug-likeness (QED) is 0.719. The average molecular weight is 253 g/mol. The van der Waals surface area contributed by atoms with E-state index in [2.05, 4.69) is 19.9 Å². The fourth-order valence-electron chi connectivity index (χ4n) is 2.08. The SMILES string of the molecule is CCN(CC(C)C#N)C(=O)C[C@@H](CN)CC(C)C. The number of carbonyl (C=O) groups excluding carboxylic acids is 1. The summed E-state index contributed by atoms with van der Waals surface area (Å²) in [5, 5.41) is 8.80. The standard InChI is InChI=1S/C14H27N3O/c1-5-17(10-12(4)8-15)14(18)7-13(9-16)6-11(2)3/h11-13H,5-7,9-10,16H2,1-4H3/t12?,13-/m0/s1. The Balaban J connectivity index is 4.37. The predicted octanol–water partition coefficient (Wildman–Crippen LogP) is 2.01. The fraction of sp³-hybridized carbons (Fsp3) is 0.857. The van der Waals surface area contributed by atoms with E-state index in [1.54, 1.807) is 4.90 Å². The largest absolute Gasteiger partial charge is 0.342 e. The summed E-state index contributed by atoms with van der Waals surface area (Å²) in [6.45, 7) is 9.79. The first kappa shape index (κ1) is 16.9. The van der Waals surface area contributed by atoms with Crippen molar-refractivity contribution in [1.29, 1.82) is 5.26 Å². The molecular formula is C14H27N3O. The third kappa shape index (κ3) is 6.61. The summed E-state index contributed by atoms with van der Waals surface area (Å²) in [4.78, 5) is 13.9. The maximum Gasteiger partial charge on any atom is 0.222 e. The zero-order valence-corrected chi connectivity index (χ0v) is 12.1. The fourth-order valence-corrected chi connectivity index (χ4v) is 2.08. The van der Waals surface area contributed by atoms with Gasteiger partial charge < -0.3 is 10.6 Å². The van der Waals surface area contributed by atoms with Gasteiger partial charge in [0, 0.05) is 19.5 Å². The molecule has 18 heavy (non-hydrogen) atoms. The van der Waals surface area contributed by atoms with Gasteiger partial charge in [-0.25, -0.2) is 0 Å². The van der Waals surface area contributed by atoms with Crippen LogP contribution in [0.1, 0.15) is 40.5 Å². The number of hydrogen-bond acceptors (Lipinski definition) is 3. The van der Waals surface area contributed by atoms with Crippen molar-refractivity contribution in [1.82, 2.24) is 4.90 Å². The van der Waals surface area contributed by atoms with E-state index in [4.69, 9.17) is 11.0 Å². The number of hydrogen-bond donors (Lipinski definition) is 1. The van der Waals surface area contributed by atoms with Crippen molar-refractivity contribution in [2.45, 2.75) is 40.5 Å². The topological polar surface area (TPSA) is 70.1 Å². The Morgan fingerprint density at radius 1 is 1.39 bits per heavy atom. The summed E-state index contributed by atoms with van der Waals surface area (Å²) < 4.78 is 0. The highest BCUT2D eigenvalue weighted by atomic mass is 16.2.